The molecule has 0 aromatic rings. The summed E-state index contributed by atoms with van der Waals surface area (Å²) < 4.78 is 16.9. The zero-order valence-corrected chi connectivity index (χ0v) is 47.2. The molecule has 1 atom stereocenters. The van der Waals surface area contributed by atoms with Crippen LogP contribution in [0.5, 0.6) is 0 Å². The van der Waals surface area contributed by atoms with Crippen LogP contribution in [0.4, 0.5) is 0 Å². The van der Waals surface area contributed by atoms with Gasteiger partial charge in [-0.15, -0.1) is 0 Å². The molecule has 1 unspecified atom stereocenters. The molecule has 412 valence electrons. The van der Waals surface area contributed by atoms with E-state index in [1.54, 1.807) is 0 Å². The molecule has 0 aromatic heterocycles. The third kappa shape index (κ3) is 57.9. The van der Waals surface area contributed by atoms with Gasteiger partial charge in [0, 0.05) is 19.3 Å². The number of rotatable bonds is 56. The van der Waals surface area contributed by atoms with E-state index in [0.717, 1.165) is 83.5 Å². The molecule has 0 saturated carbocycles. The van der Waals surface area contributed by atoms with Gasteiger partial charge >= 0.3 is 17.9 Å². The number of allylic oxidation sites excluding steroid dienone is 10. The third-order valence-corrected chi connectivity index (χ3v) is 13.5. The lowest BCUT2D eigenvalue weighted by atomic mass is 10.0. The zero-order valence-electron chi connectivity index (χ0n) is 47.2. The van der Waals surface area contributed by atoms with Crippen molar-refractivity contribution in [2.75, 3.05) is 13.2 Å². The monoisotopic (exact) mass is 993 g/mol. The van der Waals surface area contributed by atoms with Crippen LogP contribution in [0.3, 0.4) is 0 Å². The Morgan fingerprint density at radius 3 is 0.817 bits per heavy atom. The van der Waals surface area contributed by atoms with Gasteiger partial charge in [-0.25, -0.2) is 0 Å². The molecule has 0 N–H and O–H groups in total. The molecule has 0 aliphatic heterocycles. The summed E-state index contributed by atoms with van der Waals surface area (Å²) in [6.07, 6.45) is 75.1. The Hall–Kier alpha value is -2.89. The number of carbonyl (C=O) groups excluding carboxylic acids is 3. The summed E-state index contributed by atoms with van der Waals surface area (Å²) in [6, 6.07) is 0. The van der Waals surface area contributed by atoms with Gasteiger partial charge in [0.2, 0.25) is 0 Å². The first-order valence-electron chi connectivity index (χ1n) is 30.8. The lowest BCUT2D eigenvalue weighted by Crippen LogP contribution is -2.30. The maximum atomic E-state index is 12.8. The molecule has 0 bridgehead atoms. The molecule has 6 heteroatoms. The van der Waals surface area contributed by atoms with Crippen molar-refractivity contribution in [1.82, 2.24) is 0 Å². The highest BCUT2D eigenvalue weighted by Crippen LogP contribution is 2.16. The van der Waals surface area contributed by atoms with Gasteiger partial charge in [-0.1, -0.05) is 268 Å². The Morgan fingerprint density at radius 1 is 0.282 bits per heavy atom. The molecular formula is C65H116O6. The number of unbranched alkanes of at least 4 members (excludes halogenated alkanes) is 35. The first kappa shape index (κ1) is 68.1. The first-order valence-corrected chi connectivity index (χ1v) is 30.8. The smallest absolute Gasteiger partial charge is 0.306 e. The molecule has 0 rings (SSSR count). The van der Waals surface area contributed by atoms with Crippen LogP contribution in [-0.4, -0.2) is 37.2 Å². The Morgan fingerprint density at radius 2 is 0.507 bits per heavy atom. The Balaban J connectivity index is 4.19. The van der Waals surface area contributed by atoms with Crippen molar-refractivity contribution >= 4 is 17.9 Å². The fourth-order valence-corrected chi connectivity index (χ4v) is 8.83. The normalized spacial score (nSPS) is 12.4. The van der Waals surface area contributed by atoms with Gasteiger partial charge < -0.3 is 14.2 Å². The Kier molecular flexibility index (Phi) is 57.2. The van der Waals surface area contributed by atoms with Crippen LogP contribution in [0.2, 0.25) is 0 Å². The van der Waals surface area contributed by atoms with E-state index in [0.29, 0.717) is 19.3 Å². The van der Waals surface area contributed by atoms with Crippen LogP contribution in [0.1, 0.15) is 316 Å². The SMILES string of the molecule is CCCCC/C=C\C/C=C\CCCCCCCCCC(=O)OC(COC(=O)CCCCCCCCCCC)COC(=O)CCCCCCCCCCCCCC/C=C\C/C=C\C/C=C\CCCCCCC. The van der Waals surface area contributed by atoms with Crippen molar-refractivity contribution in [3.05, 3.63) is 60.8 Å². The van der Waals surface area contributed by atoms with Gasteiger partial charge in [-0.3, -0.25) is 14.4 Å². The highest BCUT2D eigenvalue weighted by atomic mass is 16.6. The summed E-state index contributed by atoms with van der Waals surface area (Å²) >= 11 is 0. The van der Waals surface area contributed by atoms with E-state index in [4.69, 9.17) is 14.2 Å². The molecule has 0 amide bonds. The number of hydrogen-bond donors (Lipinski definition) is 0. The summed E-state index contributed by atoms with van der Waals surface area (Å²) in [6.45, 7) is 6.60. The fourth-order valence-electron chi connectivity index (χ4n) is 8.83. The van der Waals surface area contributed by atoms with E-state index in [1.807, 2.05) is 0 Å². The summed E-state index contributed by atoms with van der Waals surface area (Å²) in [5, 5.41) is 0. The predicted molar refractivity (Wildman–Crippen MR) is 307 cm³/mol. The van der Waals surface area contributed by atoms with Crippen molar-refractivity contribution in [3.8, 4) is 0 Å². The van der Waals surface area contributed by atoms with Crippen LogP contribution in [-0.2, 0) is 28.6 Å². The van der Waals surface area contributed by atoms with Gasteiger partial charge in [0.15, 0.2) is 6.10 Å². The second-order valence-corrected chi connectivity index (χ2v) is 20.6. The molecule has 0 fully saturated rings. The molecule has 0 heterocycles. The van der Waals surface area contributed by atoms with E-state index < -0.39 is 6.10 Å². The Bertz CT molecular complexity index is 1280. The van der Waals surface area contributed by atoms with E-state index in [9.17, 15) is 14.4 Å². The maximum absolute atomic E-state index is 12.8. The molecule has 0 radical (unpaired) electrons. The Labute approximate surface area is 440 Å². The number of carbonyl (C=O) groups is 3. The summed E-state index contributed by atoms with van der Waals surface area (Å²) in [7, 11) is 0. The van der Waals surface area contributed by atoms with Gasteiger partial charge in [-0.2, -0.15) is 0 Å². The minimum Gasteiger partial charge on any atom is -0.462 e. The van der Waals surface area contributed by atoms with E-state index >= 15 is 0 Å². The van der Waals surface area contributed by atoms with Crippen molar-refractivity contribution < 1.29 is 28.6 Å². The van der Waals surface area contributed by atoms with Crippen molar-refractivity contribution in [3.63, 3.8) is 0 Å². The van der Waals surface area contributed by atoms with E-state index in [1.165, 1.54) is 193 Å². The molecule has 0 aliphatic carbocycles. The van der Waals surface area contributed by atoms with E-state index in [2.05, 4.69) is 81.5 Å². The minimum absolute atomic E-state index is 0.0753. The highest BCUT2D eigenvalue weighted by molar-refractivity contribution is 5.71. The summed E-state index contributed by atoms with van der Waals surface area (Å²) in [4.78, 5) is 38.1. The molecule has 6 nitrogen and oxygen atoms in total. The predicted octanol–water partition coefficient (Wildman–Crippen LogP) is 20.8. The third-order valence-electron chi connectivity index (χ3n) is 13.5. The standard InChI is InChI=1S/C65H116O6/c1-4-7-10-13-16-19-21-23-25-27-28-29-30-31-32-33-34-35-36-38-39-41-43-46-49-52-55-58-64(67)70-61-62(60-69-63(66)57-54-51-48-45-18-15-12-9-6-3)71-65(68)59-56-53-50-47-44-42-40-37-26-24-22-20-17-14-11-8-5-2/h17,20-21,23-24,26-28,30-31,62H,4-16,18-19,22,25,29,32-61H2,1-3H3/b20-17-,23-21-,26-24-,28-27-,31-30-. The van der Waals surface area contributed by atoms with E-state index in [-0.39, 0.29) is 31.1 Å². The maximum Gasteiger partial charge on any atom is 0.306 e. The lowest BCUT2D eigenvalue weighted by molar-refractivity contribution is -0.167. The molecule has 0 spiro atoms. The largest absolute Gasteiger partial charge is 0.462 e. The molecule has 0 aliphatic rings. The second-order valence-electron chi connectivity index (χ2n) is 20.6. The molecule has 0 saturated heterocycles. The van der Waals surface area contributed by atoms with Crippen LogP contribution >= 0.6 is 0 Å². The van der Waals surface area contributed by atoms with Gasteiger partial charge in [-0.05, 0) is 89.9 Å². The lowest BCUT2D eigenvalue weighted by Gasteiger charge is -2.18. The second kappa shape index (κ2) is 59.7. The van der Waals surface area contributed by atoms with Crippen LogP contribution in [0.25, 0.3) is 0 Å². The van der Waals surface area contributed by atoms with Gasteiger partial charge in [0.05, 0.1) is 0 Å². The van der Waals surface area contributed by atoms with Gasteiger partial charge in [0.25, 0.3) is 0 Å². The summed E-state index contributed by atoms with van der Waals surface area (Å²) in [5.41, 5.74) is 0. The molecule has 0 aromatic carbocycles. The molecule has 71 heavy (non-hydrogen) atoms. The van der Waals surface area contributed by atoms with Crippen molar-refractivity contribution in [2.24, 2.45) is 0 Å². The van der Waals surface area contributed by atoms with Crippen LogP contribution < -0.4 is 0 Å². The number of hydrogen-bond acceptors (Lipinski definition) is 6. The zero-order chi connectivity index (χ0) is 51.4. The fraction of sp³-hybridized carbons (Fsp3) is 0.800. The highest BCUT2D eigenvalue weighted by Gasteiger charge is 2.19. The topological polar surface area (TPSA) is 78.9 Å². The van der Waals surface area contributed by atoms with Gasteiger partial charge in [0.1, 0.15) is 13.2 Å². The number of ether oxygens (including phenoxy) is 3. The quantitative estimate of drug-likeness (QED) is 0.0261. The first-order chi connectivity index (χ1) is 35.0. The average Bonchev–Trinajstić information content (AvgIpc) is 3.37. The minimum atomic E-state index is -0.776. The van der Waals surface area contributed by atoms with Crippen molar-refractivity contribution in [2.45, 2.75) is 322 Å². The average molecular weight is 994 g/mol. The van der Waals surface area contributed by atoms with Crippen LogP contribution in [0.15, 0.2) is 60.8 Å². The summed E-state index contributed by atoms with van der Waals surface area (Å²) in [5.74, 6) is -0.875. The molecular weight excluding hydrogens is 877 g/mol. The van der Waals surface area contributed by atoms with Crippen molar-refractivity contribution in [1.29, 1.82) is 0 Å². The van der Waals surface area contributed by atoms with Crippen LogP contribution in [0, 0.1) is 0 Å². The number of esters is 3.